The number of halogens is 2. The Balaban J connectivity index is 1.67. The first kappa shape index (κ1) is 22.7. The number of carbonyl (C=O) groups is 1. The van der Waals surface area contributed by atoms with Crippen LogP contribution in [0.2, 0.25) is 10.0 Å². The third-order valence-corrected chi connectivity index (χ3v) is 6.35. The Bertz CT molecular complexity index is 687. The van der Waals surface area contributed by atoms with Crippen molar-refractivity contribution in [3.8, 4) is 0 Å². The van der Waals surface area contributed by atoms with Crippen molar-refractivity contribution in [3.63, 3.8) is 0 Å². The minimum absolute atomic E-state index is 0.278. The maximum Gasteiger partial charge on any atom is 0.410 e. The van der Waals surface area contributed by atoms with E-state index < -0.39 is 5.60 Å². The first-order valence-corrected chi connectivity index (χ1v) is 11.3. The first-order valence-electron chi connectivity index (χ1n) is 10.5. The monoisotopic (exact) mass is 442 g/mol. The topological polar surface area (TPSA) is 50.8 Å². The van der Waals surface area contributed by atoms with Crippen molar-refractivity contribution in [2.75, 3.05) is 32.8 Å². The van der Waals surface area contributed by atoms with Gasteiger partial charge in [-0.25, -0.2) is 4.79 Å². The molecule has 1 unspecified atom stereocenters. The molecule has 0 bridgehead atoms. The summed E-state index contributed by atoms with van der Waals surface area (Å²) in [7, 11) is 0. The normalized spacial score (nSPS) is 20.6. The van der Waals surface area contributed by atoms with E-state index >= 15 is 0 Å². The summed E-state index contributed by atoms with van der Waals surface area (Å²) in [5.41, 5.74) is 0.357. The highest BCUT2D eigenvalue weighted by atomic mass is 35.5. The smallest absolute Gasteiger partial charge is 0.410 e. The van der Waals surface area contributed by atoms with E-state index in [-0.39, 0.29) is 6.09 Å². The molecular formula is C22H32Cl2N2O3. The Kier molecular flexibility index (Phi) is 8.08. The number of rotatable bonds is 7. The summed E-state index contributed by atoms with van der Waals surface area (Å²) >= 11 is 12.4. The van der Waals surface area contributed by atoms with Gasteiger partial charge in [-0.2, -0.15) is 0 Å². The second-order valence-corrected chi connectivity index (χ2v) is 9.71. The van der Waals surface area contributed by atoms with Crippen molar-refractivity contribution in [1.82, 2.24) is 10.2 Å². The lowest BCUT2D eigenvalue weighted by Crippen LogP contribution is -2.41. The average Bonchev–Trinajstić information content (AvgIpc) is 3.16. The van der Waals surface area contributed by atoms with Crippen molar-refractivity contribution >= 4 is 29.3 Å². The van der Waals surface area contributed by atoms with Crippen LogP contribution >= 0.6 is 23.2 Å². The van der Waals surface area contributed by atoms with Gasteiger partial charge in [0.15, 0.2) is 0 Å². The number of benzene rings is 1. The molecule has 29 heavy (non-hydrogen) atoms. The Morgan fingerprint density at radius 3 is 2.66 bits per heavy atom. The van der Waals surface area contributed by atoms with Crippen molar-refractivity contribution in [2.24, 2.45) is 11.8 Å². The molecule has 0 saturated carbocycles. The van der Waals surface area contributed by atoms with Gasteiger partial charge in [-0.15, -0.1) is 0 Å². The highest BCUT2D eigenvalue weighted by Gasteiger charge is 2.31. The van der Waals surface area contributed by atoms with Crippen LogP contribution in [-0.2, 0) is 16.0 Å². The standard InChI is InChI=1S/C22H32Cl2N2O3/c1-22(2,12-16-6-9-28-10-7-16)29-21(27)26(14-17-5-8-25-13-17)15-18-3-4-19(23)11-20(18)24/h3-4,11,16-17,25H,5-10,12-15H2,1-2H3. The molecule has 7 heteroatoms. The molecule has 2 heterocycles. The lowest BCUT2D eigenvalue weighted by atomic mass is 9.88. The van der Waals surface area contributed by atoms with Crippen molar-refractivity contribution < 1.29 is 14.3 Å². The molecule has 1 aromatic carbocycles. The predicted molar refractivity (Wildman–Crippen MR) is 117 cm³/mol. The summed E-state index contributed by atoms with van der Waals surface area (Å²) < 4.78 is 11.5. The fourth-order valence-electron chi connectivity index (χ4n) is 4.23. The molecule has 0 radical (unpaired) electrons. The van der Waals surface area contributed by atoms with Gasteiger partial charge in [0.1, 0.15) is 5.60 Å². The van der Waals surface area contributed by atoms with Gasteiger partial charge in [0.05, 0.1) is 6.54 Å². The third kappa shape index (κ3) is 7.02. The molecule has 2 aliphatic heterocycles. The molecule has 1 atom stereocenters. The van der Waals surface area contributed by atoms with E-state index in [1.165, 1.54) is 0 Å². The van der Waals surface area contributed by atoms with Gasteiger partial charge in [0.2, 0.25) is 0 Å². The maximum atomic E-state index is 13.2. The molecule has 1 N–H and O–H groups in total. The van der Waals surface area contributed by atoms with Crippen LogP contribution in [-0.4, -0.2) is 49.4 Å². The van der Waals surface area contributed by atoms with Crippen molar-refractivity contribution in [3.05, 3.63) is 33.8 Å². The van der Waals surface area contributed by atoms with Gasteiger partial charge >= 0.3 is 6.09 Å². The second kappa shape index (κ2) is 10.3. The molecular weight excluding hydrogens is 411 g/mol. The molecule has 2 aliphatic rings. The number of hydrogen-bond acceptors (Lipinski definition) is 4. The summed E-state index contributed by atoms with van der Waals surface area (Å²) in [6.45, 7) is 8.58. The van der Waals surface area contributed by atoms with Gasteiger partial charge in [-0.05, 0) is 82.2 Å². The highest BCUT2D eigenvalue weighted by molar-refractivity contribution is 6.35. The fourth-order valence-corrected chi connectivity index (χ4v) is 4.70. The Hall–Kier alpha value is -1.01. The molecule has 2 fully saturated rings. The summed E-state index contributed by atoms with van der Waals surface area (Å²) in [4.78, 5) is 15.0. The Morgan fingerprint density at radius 1 is 1.24 bits per heavy atom. The Labute approximate surface area is 184 Å². The molecule has 3 rings (SSSR count). The van der Waals surface area contributed by atoms with E-state index in [1.807, 2.05) is 19.9 Å². The van der Waals surface area contributed by atoms with Gasteiger partial charge in [-0.3, -0.25) is 0 Å². The van der Waals surface area contributed by atoms with Crippen LogP contribution in [0.25, 0.3) is 0 Å². The summed E-state index contributed by atoms with van der Waals surface area (Å²) in [6.07, 6.45) is 3.68. The minimum Gasteiger partial charge on any atom is -0.443 e. The fraction of sp³-hybridized carbons (Fsp3) is 0.682. The second-order valence-electron chi connectivity index (χ2n) is 8.86. The van der Waals surface area contributed by atoms with E-state index in [2.05, 4.69) is 5.32 Å². The lowest BCUT2D eigenvalue weighted by Gasteiger charge is -2.34. The molecule has 2 saturated heterocycles. The molecule has 5 nitrogen and oxygen atoms in total. The van der Waals surface area contributed by atoms with Gasteiger partial charge in [0.25, 0.3) is 0 Å². The largest absolute Gasteiger partial charge is 0.443 e. The average molecular weight is 443 g/mol. The number of carbonyl (C=O) groups excluding carboxylic acids is 1. The van der Waals surface area contributed by atoms with Crippen LogP contribution in [0.15, 0.2) is 18.2 Å². The molecule has 0 aliphatic carbocycles. The number of amides is 1. The molecule has 162 valence electrons. The van der Waals surface area contributed by atoms with Crippen molar-refractivity contribution in [2.45, 2.75) is 51.7 Å². The molecule has 1 amide bonds. The van der Waals surface area contributed by atoms with E-state index in [9.17, 15) is 4.79 Å². The van der Waals surface area contributed by atoms with Crippen molar-refractivity contribution in [1.29, 1.82) is 0 Å². The first-order chi connectivity index (χ1) is 13.8. The zero-order chi connectivity index (χ0) is 20.9. The zero-order valence-electron chi connectivity index (χ0n) is 17.4. The quantitative estimate of drug-likeness (QED) is 0.634. The van der Waals surface area contributed by atoms with Crippen LogP contribution in [0.4, 0.5) is 4.79 Å². The Morgan fingerprint density at radius 2 is 2.00 bits per heavy atom. The lowest BCUT2D eigenvalue weighted by molar-refractivity contribution is -0.0200. The summed E-state index contributed by atoms with van der Waals surface area (Å²) in [5.74, 6) is 0.956. The van der Waals surface area contributed by atoms with Gasteiger partial charge in [0, 0.05) is 29.8 Å². The predicted octanol–water partition coefficient (Wildman–Crippen LogP) is 5.14. The third-order valence-electron chi connectivity index (χ3n) is 5.76. The number of hydrogen-bond donors (Lipinski definition) is 1. The van der Waals surface area contributed by atoms with E-state index in [0.717, 1.165) is 57.6 Å². The highest BCUT2D eigenvalue weighted by Crippen LogP contribution is 2.29. The van der Waals surface area contributed by atoms with Crippen LogP contribution in [0, 0.1) is 11.8 Å². The molecule has 0 aromatic heterocycles. The number of ether oxygens (including phenoxy) is 2. The molecule has 0 spiro atoms. The number of nitrogens with one attached hydrogen (secondary N) is 1. The number of nitrogens with zero attached hydrogens (tertiary/aromatic N) is 1. The van der Waals surface area contributed by atoms with Crippen LogP contribution in [0.5, 0.6) is 0 Å². The van der Waals surface area contributed by atoms with Gasteiger partial charge in [-0.1, -0.05) is 29.3 Å². The molecule has 1 aromatic rings. The zero-order valence-corrected chi connectivity index (χ0v) is 18.9. The van der Waals surface area contributed by atoms with Crippen LogP contribution in [0.1, 0.15) is 45.1 Å². The maximum absolute atomic E-state index is 13.2. The summed E-state index contributed by atoms with van der Waals surface area (Å²) in [5, 5.41) is 4.53. The van der Waals surface area contributed by atoms with Crippen LogP contribution < -0.4 is 5.32 Å². The van der Waals surface area contributed by atoms with E-state index in [4.69, 9.17) is 32.7 Å². The van der Waals surface area contributed by atoms with Gasteiger partial charge < -0.3 is 19.7 Å². The van der Waals surface area contributed by atoms with E-state index in [1.54, 1.807) is 17.0 Å². The summed E-state index contributed by atoms with van der Waals surface area (Å²) in [6, 6.07) is 5.40. The SMILES string of the molecule is CC(C)(CC1CCOCC1)OC(=O)N(Cc1ccc(Cl)cc1Cl)CC1CCNC1. The van der Waals surface area contributed by atoms with E-state index in [0.29, 0.717) is 35.0 Å². The minimum atomic E-state index is -0.519. The van der Waals surface area contributed by atoms with Crippen LogP contribution in [0.3, 0.4) is 0 Å².